The van der Waals surface area contributed by atoms with Crippen LogP contribution >= 0.6 is 0 Å². The van der Waals surface area contributed by atoms with Crippen LogP contribution in [0, 0.1) is 14.0 Å². The largest absolute Gasteiger partial charge is 2.00 e. The van der Waals surface area contributed by atoms with Gasteiger partial charge in [-0.3, -0.25) is 7.05 Å². The molecule has 0 aromatic rings. The quantitative estimate of drug-likeness (QED) is 0.661. The molecule has 0 rings (SSSR count). The van der Waals surface area contributed by atoms with Gasteiger partial charge in [-0.2, -0.15) is 6.54 Å². The molecule has 0 radical (unpaired) electrons. The third kappa shape index (κ3) is 30.2. The van der Waals surface area contributed by atoms with Crippen LogP contribution in [0.1, 0.15) is 13.8 Å². The van der Waals surface area contributed by atoms with Crippen molar-refractivity contribution in [3.8, 4) is 0 Å². The van der Waals surface area contributed by atoms with Crippen LogP contribution in [0.15, 0.2) is 0 Å². The van der Waals surface area contributed by atoms with Gasteiger partial charge in [-0.15, -0.1) is 0 Å². The molecule has 0 aromatic heterocycles. The Hall–Kier alpha value is 0.648. The van der Waals surface area contributed by atoms with Crippen molar-refractivity contribution in [1.29, 1.82) is 0 Å². The van der Waals surface area contributed by atoms with Crippen LogP contribution in [0.4, 0.5) is 0 Å². The number of hydrogen-bond donors (Lipinski definition) is 0. The zero-order valence-corrected chi connectivity index (χ0v) is 8.91. The van der Waals surface area contributed by atoms with E-state index in [9.17, 15) is 0 Å². The van der Waals surface area contributed by atoms with E-state index < -0.39 is 0 Å². The molecule has 0 heterocycles. The van der Waals surface area contributed by atoms with Crippen molar-refractivity contribution in [1.82, 2.24) is 4.90 Å². The Labute approximate surface area is 67.7 Å². The first-order chi connectivity index (χ1) is 3.27. The molecular weight excluding hydrogens is 270 g/mol. The van der Waals surface area contributed by atoms with Crippen LogP contribution in [-0.4, -0.2) is 18.5 Å². The van der Waals surface area contributed by atoms with Gasteiger partial charge in [0.05, 0.1) is 0 Å². The molecule has 8 heavy (non-hydrogen) atoms. The molecule has 0 aliphatic rings. The summed E-state index contributed by atoms with van der Waals surface area (Å²) in [4.78, 5) is 1.76. The fourth-order valence-electron chi connectivity index (χ4n) is 0. The summed E-state index contributed by atoms with van der Waals surface area (Å²) in [6.07, 6.45) is 0. The van der Waals surface area contributed by atoms with Gasteiger partial charge in [0.2, 0.25) is 0 Å². The van der Waals surface area contributed by atoms with Crippen molar-refractivity contribution >= 4 is 0 Å². The average molecular weight is 285 g/mol. The summed E-state index contributed by atoms with van der Waals surface area (Å²) in [5, 5.41) is 0. The molecule has 0 unspecified atom stereocenters. The number of rotatable bonds is 1. The van der Waals surface area contributed by atoms with Gasteiger partial charge in [0, 0.05) is 0 Å². The normalized spacial score (nSPS) is 6.75. The molecule has 0 aliphatic carbocycles. The molecule has 0 fully saturated rings. The minimum Gasteiger partial charge on any atom is -0.487 e. The van der Waals surface area contributed by atoms with E-state index in [2.05, 4.69) is 14.0 Å². The maximum Gasteiger partial charge on any atom is 2.00 e. The van der Waals surface area contributed by atoms with E-state index >= 15 is 0 Å². The third-order valence-corrected chi connectivity index (χ3v) is 0.382. The molecule has 0 bridgehead atoms. The molecule has 1 nitrogen and oxygen atoms in total. The van der Waals surface area contributed by atoms with E-state index in [1.54, 1.807) is 4.90 Å². The molecule has 0 atom stereocenters. The molecule has 0 spiro atoms. The van der Waals surface area contributed by atoms with Gasteiger partial charge in [0.25, 0.3) is 0 Å². The van der Waals surface area contributed by atoms with Crippen LogP contribution in [0.25, 0.3) is 0 Å². The molecule has 0 amide bonds. The van der Waals surface area contributed by atoms with Crippen molar-refractivity contribution in [2.75, 3.05) is 13.6 Å². The zero-order chi connectivity index (χ0) is 6.28. The number of nitrogens with zero attached hydrogens (tertiary/aromatic N) is 1. The third-order valence-electron chi connectivity index (χ3n) is 0.382. The first-order valence-corrected chi connectivity index (χ1v) is 2.58. The maximum atomic E-state index is 3.55. The minimum atomic E-state index is 0. The first kappa shape index (κ1) is 15.9. The van der Waals surface area contributed by atoms with E-state index in [0.29, 0.717) is 0 Å². The van der Waals surface area contributed by atoms with E-state index in [1.165, 1.54) is 0 Å². The van der Waals surface area contributed by atoms with Gasteiger partial charge in [0.15, 0.2) is 0 Å². The second kappa shape index (κ2) is 15.6. The smallest absolute Gasteiger partial charge is 0.487 e. The zero-order valence-electron chi connectivity index (χ0n) is 5.98. The van der Waals surface area contributed by atoms with E-state index in [1.807, 2.05) is 20.9 Å². The van der Waals surface area contributed by atoms with Gasteiger partial charge in [-0.25, -0.2) is 0 Å². The Morgan fingerprint density at radius 3 is 1.50 bits per heavy atom. The van der Waals surface area contributed by atoms with Crippen LogP contribution in [0.5, 0.6) is 0 Å². The Morgan fingerprint density at radius 2 is 1.50 bits per heavy atom. The van der Waals surface area contributed by atoms with Crippen molar-refractivity contribution < 1.29 is 21.1 Å². The fraction of sp³-hybridized carbons (Fsp3) is 0.667. The van der Waals surface area contributed by atoms with Crippen LogP contribution in [-0.2, 0) is 21.1 Å². The summed E-state index contributed by atoms with van der Waals surface area (Å²) in [6.45, 7) is 8.33. The topological polar surface area (TPSA) is 3.24 Å². The summed E-state index contributed by atoms with van der Waals surface area (Å²) < 4.78 is 0. The van der Waals surface area contributed by atoms with E-state index in [4.69, 9.17) is 0 Å². The molecule has 2 heteroatoms. The van der Waals surface area contributed by atoms with Gasteiger partial charge in [0.1, 0.15) is 0 Å². The van der Waals surface area contributed by atoms with E-state index in [0.717, 1.165) is 6.54 Å². The van der Waals surface area contributed by atoms with Crippen LogP contribution in [0.2, 0.25) is 0 Å². The van der Waals surface area contributed by atoms with Gasteiger partial charge < -0.3 is 11.8 Å². The molecule has 50 valence electrons. The average Bonchev–Trinajstić information content (AvgIpc) is 1.73. The Morgan fingerprint density at radius 1 is 1.38 bits per heavy atom. The molecule has 0 saturated heterocycles. The Bertz CT molecular complexity index is 22.5. The van der Waals surface area contributed by atoms with Crippen molar-refractivity contribution in [3.05, 3.63) is 14.0 Å². The molecule has 0 aliphatic heterocycles. The molecular formula is C6H15NW. The predicted octanol–water partition coefficient (Wildman–Crippen LogP) is 1.57. The van der Waals surface area contributed by atoms with Crippen LogP contribution in [0.3, 0.4) is 0 Å². The molecule has 0 aromatic carbocycles. The summed E-state index contributed by atoms with van der Waals surface area (Å²) >= 11 is 0. The number of hydrogen-bond acceptors (Lipinski definition) is 1. The monoisotopic (exact) mass is 285 g/mol. The molecule has 0 saturated carbocycles. The minimum absolute atomic E-state index is 0. The fourth-order valence-corrected chi connectivity index (χ4v) is 0. The van der Waals surface area contributed by atoms with Crippen molar-refractivity contribution in [2.45, 2.75) is 13.8 Å². The van der Waals surface area contributed by atoms with Gasteiger partial charge >= 0.3 is 21.1 Å². The molecule has 0 N–H and O–H groups in total. The Balaban J connectivity index is -0.0000000750. The summed E-state index contributed by atoms with van der Waals surface area (Å²) in [6, 6.07) is 0. The Kier molecular flexibility index (Phi) is 31.0. The summed E-state index contributed by atoms with van der Waals surface area (Å²) in [5.74, 6) is 0. The van der Waals surface area contributed by atoms with Gasteiger partial charge in [-0.1, -0.05) is 13.8 Å². The van der Waals surface area contributed by atoms with Gasteiger partial charge in [-0.05, 0) is 7.05 Å². The summed E-state index contributed by atoms with van der Waals surface area (Å²) in [7, 11) is 5.41. The first-order valence-electron chi connectivity index (χ1n) is 2.58. The second-order valence-corrected chi connectivity index (χ2v) is 1.08. The summed E-state index contributed by atoms with van der Waals surface area (Å²) in [5.41, 5.74) is 0. The maximum absolute atomic E-state index is 3.55. The van der Waals surface area contributed by atoms with Crippen molar-refractivity contribution in [2.24, 2.45) is 0 Å². The standard InChI is InChI=1S/C4H9N.C2H6.W/c1-4-5(2)3;1-2;/h1-2,4H2,3H3;1-2H3;/q-2;;+2. The van der Waals surface area contributed by atoms with Crippen LogP contribution < -0.4 is 0 Å². The second-order valence-electron chi connectivity index (χ2n) is 1.08. The van der Waals surface area contributed by atoms with Crippen molar-refractivity contribution in [3.63, 3.8) is 0 Å². The SMILES string of the molecule is CC.[CH2-]CN([CH2-])C.[W+2]. The van der Waals surface area contributed by atoms with E-state index in [-0.39, 0.29) is 21.1 Å². The predicted molar refractivity (Wildman–Crippen MR) is 34.7 cm³/mol.